The first kappa shape index (κ1) is 32.9. The molecule has 1 aliphatic carbocycles. The number of halogens is 1. The van der Waals surface area contributed by atoms with Gasteiger partial charge in [-0.05, 0) is 85.3 Å². The van der Waals surface area contributed by atoms with Crippen molar-refractivity contribution in [2.24, 2.45) is 0 Å². The normalized spacial score (nSPS) is 14.1. The third-order valence-electron chi connectivity index (χ3n) is 8.34. The molecule has 0 radical (unpaired) electrons. The Morgan fingerprint density at radius 1 is 0.826 bits per heavy atom. The van der Waals surface area contributed by atoms with Crippen LogP contribution in [-0.2, 0) is 32.6 Å². The minimum atomic E-state index is -4.18. The number of benzene rings is 4. The molecule has 1 N–H and O–H groups in total. The lowest BCUT2D eigenvalue weighted by Crippen LogP contribution is -2.54. The van der Waals surface area contributed by atoms with Gasteiger partial charge in [0.25, 0.3) is 10.0 Å². The molecular formula is C37H40FN3O4S. The lowest BCUT2D eigenvalue weighted by atomic mass is 10.0. The molecule has 46 heavy (non-hydrogen) atoms. The summed E-state index contributed by atoms with van der Waals surface area (Å²) in [5, 5.41) is 3.16. The third kappa shape index (κ3) is 8.20. The van der Waals surface area contributed by atoms with Gasteiger partial charge in [-0.2, -0.15) is 0 Å². The number of carbonyl (C=O) groups is 2. The van der Waals surface area contributed by atoms with Crippen LogP contribution in [0.25, 0.3) is 0 Å². The van der Waals surface area contributed by atoms with Gasteiger partial charge in [-0.3, -0.25) is 13.9 Å². The Balaban J connectivity index is 1.57. The largest absolute Gasteiger partial charge is 0.352 e. The number of aryl methyl sites for hydroxylation is 2. The van der Waals surface area contributed by atoms with Crippen LogP contribution < -0.4 is 9.62 Å². The Labute approximate surface area is 271 Å². The molecule has 240 valence electrons. The molecule has 1 fully saturated rings. The zero-order valence-corrected chi connectivity index (χ0v) is 27.0. The summed E-state index contributed by atoms with van der Waals surface area (Å²) in [5.41, 5.74) is 3.51. The Kier molecular flexibility index (Phi) is 10.5. The monoisotopic (exact) mass is 641 g/mol. The highest BCUT2D eigenvalue weighted by molar-refractivity contribution is 7.92. The van der Waals surface area contributed by atoms with Crippen LogP contribution in [-0.4, -0.2) is 43.8 Å². The summed E-state index contributed by atoms with van der Waals surface area (Å²) < 4.78 is 43.3. The second kappa shape index (κ2) is 14.7. The first-order chi connectivity index (χ1) is 22.1. The molecule has 0 heterocycles. The zero-order chi connectivity index (χ0) is 32.7. The van der Waals surface area contributed by atoms with E-state index in [4.69, 9.17) is 0 Å². The highest BCUT2D eigenvalue weighted by Crippen LogP contribution is 2.27. The topological polar surface area (TPSA) is 86.8 Å². The molecule has 0 aliphatic heterocycles. The van der Waals surface area contributed by atoms with E-state index in [1.54, 1.807) is 42.5 Å². The van der Waals surface area contributed by atoms with Crippen LogP contribution in [0.2, 0.25) is 0 Å². The predicted octanol–water partition coefficient (Wildman–Crippen LogP) is 6.34. The average molecular weight is 642 g/mol. The zero-order valence-electron chi connectivity index (χ0n) is 26.2. The Hall–Kier alpha value is -4.50. The number of nitrogens with one attached hydrogen (secondary N) is 1. The van der Waals surface area contributed by atoms with Crippen LogP contribution in [0.5, 0.6) is 0 Å². The molecule has 4 aromatic rings. The lowest BCUT2D eigenvalue weighted by molar-refractivity contribution is -0.140. The number of hydrogen-bond acceptors (Lipinski definition) is 4. The fraction of sp³-hybridized carbons (Fsp3) is 0.297. The summed E-state index contributed by atoms with van der Waals surface area (Å²) in [6.07, 6.45) is 4.00. The molecule has 2 amide bonds. The van der Waals surface area contributed by atoms with Crippen LogP contribution in [0.15, 0.2) is 108 Å². The van der Waals surface area contributed by atoms with E-state index in [1.807, 2.05) is 50.2 Å². The predicted molar refractivity (Wildman–Crippen MR) is 178 cm³/mol. The summed E-state index contributed by atoms with van der Waals surface area (Å²) in [6.45, 7) is 3.19. The van der Waals surface area contributed by atoms with Gasteiger partial charge in [0.2, 0.25) is 11.8 Å². The molecule has 0 saturated heterocycles. The van der Waals surface area contributed by atoms with E-state index < -0.39 is 34.3 Å². The van der Waals surface area contributed by atoms with Crippen molar-refractivity contribution < 1.29 is 22.4 Å². The summed E-state index contributed by atoms with van der Waals surface area (Å²) >= 11 is 0. The van der Waals surface area contributed by atoms with E-state index in [9.17, 15) is 22.4 Å². The summed E-state index contributed by atoms with van der Waals surface area (Å²) in [5.74, 6) is -1.27. The van der Waals surface area contributed by atoms with Crippen LogP contribution in [0.4, 0.5) is 10.1 Å². The van der Waals surface area contributed by atoms with Gasteiger partial charge in [-0.1, -0.05) is 79.6 Å². The van der Waals surface area contributed by atoms with Crippen molar-refractivity contribution in [1.82, 2.24) is 10.2 Å². The fourth-order valence-corrected chi connectivity index (χ4v) is 7.47. The van der Waals surface area contributed by atoms with Crippen molar-refractivity contribution in [2.75, 3.05) is 10.8 Å². The Morgan fingerprint density at radius 3 is 2.02 bits per heavy atom. The molecule has 5 rings (SSSR count). The average Bonchev–Trinajstić information content (AvgIpc) is 3.55. The van der Waals surface area contributed by atoms with E-state index in [0.717, 1.165) is 46.7 Å². The van der Waals surface area contributed by atoms with Crippen molar-refractivity contribution in [1.29, 1.82) is 0 Å². The van der Waals surface area contributed by atoms with Crippen LogP contribution >= 0.6 is 0 Å². The summed E-state index contributed by atoms with van der Waals surface area (Å²) in [6, 6.07) is 27.7. The number of carbonyl (C=O) groups excluding carboxylic acids is 2. The maximum Gasteiger partial charge on any atom is 0.264 e. The quantitative estimate of drug-likeness (QED) is 0.196. The molecule has 9 heteroatoms. The minimum absolute atomic E-state index is 0.0128. The smallest absolute Gasteiger partial charge is 0.264 e. The van der Waals surface area contributed by atoms with Gasteiger partial charge in [0.1, 0.15) is 18.4 Å². The summed E-state index contributed by atoms with van der Waals surface area (Å²) in [7, 11) is -4.18. The highest BCUT2D eigenvalue weighted by atomic mass is 32.2. The van der Waals surface area contributed by atoms with Crippen LogP contribution in [0.1, 0.15) is 47.9 Å². The van der Waals surface area contributed by atoms with Crippen molar-refractivity contribution in [3.8, 4) is 0 Å². The van der Waals surface area contributed by atoms with Gasteiger partial charge in [-0.25, -0.2) is 12.8 Å². The van der Waals surface area contributed by atoms with Crippen molar-refractivity contribution in [3.63, 3.8) is 0 Å². The first-order valence-corrected chi connectivity index (χ1v) is 17.1. The molecule has 0 spiro atoms. The van der Waals surface area contributed by atoms with Crippen molar-refractivity contribution in [2.45, 2.75) is 69.5 Å². The molecule has 1 saturated carbocycles. The Bertz CT molecular complexity index is 1720. The molecular weight excluding hydrogens is 601 g/mol. The fourth-order valence-electron chi connectivity index (χ4n) is 6.05. The standard InChI is InChI=1S/C37H40FN3O4S/c1-27-21-28(2)23-33(22-27)41(46(44,45)34-15-7-4-8-16-34)26-36(42)40(25-30-17-19-31(38)20-18-30)35(24-29-11-5-3-6-12-29)37(43)39-32-13-9-10-14-32/h3-8,11-12,15-23,32,35H,9-10,13-14,24-26H2,1-2H3,(H,39,43). The summed E-state index contributed by atoms with van der Waals surface area (Å²) in [4.78, 5) is 30.1. The molecule has 0 bridgehead atoms. The second-order valence-electron chi connectivity index (χ2n) is 12.0. The number of sulfonamides is 1. The van der Waals surface area contributed by atoms with E-state index >= 15 is 0 Å². The van der Waals surface area contributed by atoms with Crippen LogP contribution in [0.3, 0.4) is 0 Å². The number of hydrogen-bond donors (Lipinski definition) is 1. The number of anilines is 1. The van der Waals surface area contributed by atoms with E-state index in [-0.39, 0.29) is 29.8 Å². The highest BCUT2D eigenvalue weighted by Gasteiger charge is 2.35. The maximum absolute atomic E-state index is 14.6. The molecule has 7 nitrogen and oxygen atoms in total. The third-order valence-corrected chi connectivity index (χ3v) is 10.1. The SMILES string of the molecule is Cc1cc(C)cc(N(CC(=O)N(Cc2ccc(F)cc2)C(Cc2ccccc2)C(=O)NC2CCCC2)S(=O)(=O)c2ccccc2)c1. The van der Waals surface area contributed by atoms with E-state index in [1.165, 1.54) is 29.2 Å². The number of nitrogens with zero attached hydrogens (tertiary/aromatic N) is 2. The molecule has 1 atom stereocenters. The van der Waals surface area contributed by atoms with E-state index in [2.05, 4.69) is 5.32 Å². The van der Waals surface area contributed by atoms with Gasteiger partial charge >= 0.3 is 0 Å². The molecule has 4 aromatic carbocycles. The molecule has 0 aromatic heterocycles. The molecule has 1 aliphatic rings. The van der Waals surface area contributed by atoms with Crippen molar-refractivity contribution >= 4 is 27.5 Å². The Morgan fingerprint density at radius 2 is 1.41 bits per heavy atom. The van der Waals surface area contributed by atoms with E-state index in [0.29, 0.717) is 11.3 Å². The van der Waals surface area contributed by atoms with Gasteiger partial charge < -0.3 is 10.2 Å². The minimum Gasteiger partial charge on any atom is -0.352 e. The number of amides is 2. The van der Waals surface area contributed by atoms with Gasteiger partial charge in [0.15, 0.2) is 0 Å². The van der Waals surface area contributed by atoms with Gasteiger partial charge in [0, 0.05) is 19.0 Å². The first-order valence-electron chi connectivity index (χ1n) is 15.6. The molecule has 1 unspecified atom stereocenters. The van der Waals surface area contributed by atoms with Crippen molar-refractivity contribution in [3.05, 3.63) is 131 Å². The lowest BCUT2D eigenvalue weighted by Gasteiger charge is -2.34. The van der Waals surface area contributed by atoms with Gasteiger partial charge in [0.05, 0.1) is 10.6 Å². The second-order valence-corrected chi connectivity index (χ2v) is 13.9. The maximum atomic E-state index is 14.6. The van der Waals surface area contributed by atoms with Crippen LogP contribution in [0, 0.1) is 19.7 Å². The number of rotatable bonds is 12. The van der Waals surface area contributed by atoms with Gasteiger partial charge in [-0.15, -0.1) is 0 Å².